The van der Waals surface area contributed by atoms with Crippen molar-refractivity contribution in [2.45, 2.75) is 38.8 Å². The van der Waals surface area contributed by atoms with Crippen LogP contribution < -0.4 is 0 Å². The maximum absolute atomic E-state index is 13.5. The van der Waals surface area contributed by atoms with E-state index < -0.39 is 10.0 Å². The van der Waals surface area contributed by atoms with E-state index in [9.17, 15) is 18.0 Å². The predicted molar refractivity (Wildman–Crippen MR) is 131 cm³/mol. The van der Waals surface area contributed by atoms with Crippen LogP contribution in [-0.2, 0) is 35.6 Å². The zero-order valence-corrected chi connectivity index (χ0v) is 21.8. The highest BCUT2D eigenvalue weighted by Crippen LogP contribution is 2.22. The first-order valence-corrected chi connectivity index (χ1v) is 13.5. The average molecular weight is 518 g/mol. The van der Waals surface area contributed by atoms with Crippen LogP contribution in [0, 0.1) is 0 Å². The lowest BCUT2D eigenvalue weighted by Gasteiger charge is -2.39. The number of sulfonamides is 1. The Morgan fingerprint density at radius 2 is 1.88 bits per heavy atom. The summed E-state index contributed by atoms with van der Waals surface area (Å²) in [4.78, 5) is 29.2. The molecule has 1 saturated heterocycles. The first kappa shape index (κ1) is 28.5. The number of halogens is 1. The average Bonchev–Trinajstić information content (AvgIpc) is 2.80. The van der Waals surface area contributed by atoms with Gasteiger partial charge in [-0.05, 0) is 37.0 Å². The number of carbonyl (C=O) groups is 2. The van der Waals surface area contributed by atoms with Crippen molar-refractivity contribution in [1.82, 2.24) is 14.1 Å². The number of nitrogens with zero attached hydrogens (tertiary/aromatic N) is 3. The molecule has 1 aromatic rings. The third-order valence-electron chi connectivity index (χ3n) is 5.80. The summed E-state index contributed by atoms with van der Waals surface area (Å²) >= 11 is 6.15. The summed E-state index contributed by atoms with van der Waals surface area (Å²) in [5.41, 5.74) is 0.860. The van der Waals surface area contributed by atoms with Gasteiger partial charge in [-0.25, -0.2) is 8.42 Å². The Balaban J connectivity index is 2.22. The number of carbonyl (C=O) groups excluding carboxylic acids is 2. The van der Waals surface area contributed by atoms with Gasteiger partial charge in [-0.15, -0.1) is 0 Å². The Bertz CT molecular complexity index is 906. The second-order valence-corrected chi connectivity index (χ2v) is 10.9. The molecule has 0 spiro atoms. The number of rotatable bonds is 13. The van der Waals surface area contributed by atoms with E-state index in [-0.39, 0.29) is 49.9 Å². The van der Waals surface area contributed by atoms with Gasteiger partial charge >= 0.3 is 0 Å². The van der Waals surface area contributed by atoms with Crippen molar-refractivity contribution in [3.63, 3.8) is 0 Å². The summed E-state index contributed by atoms with van der Waals surface area (Å²) < 4.78 is 36.8. The normalized spacial score (nSPS) is 15.0. The number of hydrogen-bond acceptors (Lipinski definition) is 6. The molecule has 1 fully saturated rings. The van der Waals surface area contributed by atoms with Gasteiger partial charge in [0.15, 0.2) is 0 Å². The van der Waals surface area contributed by atoms with Crippen molar-refractivity contribution in [3.8, 4) is 0 Å². The van der Waals surface area contributed by atoms with Crippen LogP contribution in [0.2, 0.25) is 5.02 Å². The number of methoxy groups -OCH3 is 2. The molecule has 1 heterocycles. The van der Waals surface area contributed by atoms with Gasteiger partial charge in [0, 0.05) is 51.5 Å². The highest BCUT2D eigenvalue weighted by atomic mass is 35.5. The van der Waals surface area contributed by atoms with Crippen LogP contribution >= 0.6 is 11.6 Å². The Kier molecular flexibility index (Phi) is 11.7. The van der Waals surface area contributed by atoms with Crippen LogP contribution in [0.3, 0.4) is 0 Å². The van der Waals surface area contributed by atoms with E-state index in [1.165, 1.54) is 18.5 Å². The third-order valence-corrected chi connectivity index (χ3v) is 8.06. The molecule has 1 aliphatic rings. The van der Waals surface area contributed by atoms with Crippen LogP contribution in [0.4, 0.5) is 0 Å². The minimum absolute atomic E-state index is 0.0274. The van der Waals surface area contributed by atoms with Crippen LogP contribution in [0.25, 0.3) is 0 Å². The Morgan fingerprint density at radius 3 is 2.47 bits per heavy atom. The molecule has 0 N–H and O–H groups in total. The van der Waals surface area contributed by atoms with Gasteiger partial charge < -0.3 is 19.3 Å². The number of benzene rings is 1. The predicted octanol–water partition coefficient (Wildman–Crippen LogP) is 1.99. The monoisotopic (exact) mass is 517 g/mol. The van der Waals surface area contributed by atoms with E-state index in [0.717, 1.165) is 5.56 Å². The van der Waals surface area contributed by atoms with Crippen LogP contribution in [0.15, 0.2) is 24.3 Å². The van der Waals surface area contributed by atoms with E-state index in [4.69, 9.17) is 21.1 Å². The van der Waals surface area contributed by atoms with Crippen molar-refractivity contribution < 1.29 is 27.5 Å². The fourth-order valence-corrected chi connectivity index (χ4v) is 5.68. The number of amides is 2. The van der Waals surface area contributed by atoms with Crippen LogP contribution in [-0.4, -0.2) is 99.7 Å². The largest absolute Gasteiger partial charge is 0.383 e. The standard InChI is InChI=1S/C23H36ClN3O6S/c1-4-14-34(30,31)26(12-13-32-2)17-22(28)27(16-19-6-5-7-20(24)15-19)21-8-10-25(11-9-21)23(29)18-33-3/h5-7,15,21H,4,8-14,16-18H2,1-3H3. The lowest BCUT2D eigenvalue weighted by atomic mass is 10.0. The number of piperidine rings is 1. The molecule has 0 atom stereocenters. The van der Waals surface area contributed by atoms with Crippen LogP contribution in [0.5, 0.6) is 0 Å². The van der Waals surface area contributed by atoms with Gasteiger partial charge in [-0.3, -0.25) is 9.59 Å². The molecule has 0 saturated carbocycles. The Morgan fingerprint density at radius 1 is 1.18 bits per heavy atom. The fourth-order valence-electron chi connectivity index (χ4n) is 4.03. The maximum atomic E-state index is 13.5. The summed E-state index contributed by atoms with van der Waals surface area (Å²) in [6.45, 7) is 3.19. The minimum Gasteiger partial charge on any atom is -0.383 e. The van der Waals surface area contributed by atoms with Crippen molar-refractivity contribution in [1.29, 1.82) is 0 Å². The van der Waals surface area contributed by atoms with Gasteiger partial charge in [0.1, 0.15) is 6.61 Å². The Hall–Kier alpha value is -1.72. The van der Waals surface area contributed by atoms with Gasteiger partial charge in [-0.2, -0.15) is 4.31 Å². The summed E-state index contributed by atoms with van der Waals surface area (Å²) in [6.07, 6.45) is 1.66. The molecule has 0 radical (unpaired) electrons. The molecule has 0 bridgehead atoms. The minimum atomic E-state index is -3.59. The second-order valence-electron chi connectivity index (χ2n) is 8.34. The second kappa shape index (κ2) is 14.0. The summed E-state index contributed by atoms with van der Waals surface area (Å²) in [6, 6.07) is 7.15. The molecule has 0 aromatic heterocycles. The molecule has 2 rings (SSSR count). The van der Waals surface area contributed by atoms with E-state index >= 15 is 0 Å². The smallest absolute Gasteiger partial charge is 0.248 e. The van der Waals surface area contributed by atoms with E-state index in [1.807, 2.05) is 12.1 Å². The number of hydrogen-bond donors (Lipinski definition) is 0. The highest BCUT2D eigenvalue weighted by Gasteiger charge is 2.32. The van der Waals surface area contributed by atoms with Crippen molar-refractivity contribution in [2.75, 3.05) is 59.4 Å². The van der Waals surface area contributed by atoms with Gasteiger partial charge in [0.05, 0.1) is 18.9 Å². The molecule has 1 aromatic carbocycles. The topological polar surface area (TPSA) is 96.5 Å². The molecule has 1 aliphatic heterocycles. The molecule has 0 unspecified atom stereocenters. The van der Waals surface area contributed by atoms with E-state index in [2.05, 4.69) is 0 Å². The summed E-state index contributed by atoms with van der Waals surface area (Å²) in [5, 5.41) is 0.567. The molecule has 2 amide bonds. The van der Waals surface area contributed by atoms with Crippen molar-refractivity contribution in [3.05, 3.63) is 34.9 Å². The molecule has 11 heteroatoms. The van der Waals surface area contributed by atoms with Gasteiger partial charge in [0.25, 0.3) is 0 Å². The molecule has 0 aliphatic carbocycles. The summed E-state index contributed by atoms with van der Waals surface area (Å²) in [7, 11) is -0.611. The van der Waals surface area contributed by atoms with Crippen molar-refractivity contribution in [2.24, 2.45) is 0 Å². The van der Waals surface area contributed by atoms with E-state index in [0.29, 0.717) is 43.9 Å². The number of likely N-dealkylation sites (tertiary alicyclic amines) is 1. The quantitative estimate of drug-likeness (QED) is 0.397. The van der Waals surface area contributed by atoms with Gasteiger partial charge in [0.2, 0.25) is 21.8 Å². The molecule has 192 valence electrons. The first-order valence-electron chi connectivity index (χ1n) is 11.5. The third kappa shape index (κ3) is 8.49. The first-order chi connectivity index (χ1) is 16.2. The van der Waals surface area contributed by atoms with Gasteiger partial charge in [-0.1, -0.05) is 30.7 Å². The lowest BCUT2D eigenvalue weighted by Crippen LogP contribution is -2.52. The molecule has 9 nitrogen and oxygen atoms in total. The molecular formula is C23H36ClN3O6S. The Labute approximate surface area is 208 Å². The number of ether oxygens (including phenoxy) is 2. The maximum Gasteiger partial charge on any atom is 0.248 e. The molecule has 34 heavy (non-hydrogen) atoms. The zero-order valence-electron chi connectivity index (χ0n) is 20.2. The zero-order chi connectivity index (χ0) is 25.1. The fraction of sp³-hybridized carbons (Fsp3) is 0.652. The highest BCUT2D eigenvalue weighted by molar-refractivity contribution is 7.89. The lowest BCUT2D eigenvalue weighted by molar-refractivity contribution is -0.139. The molecular weight excluding hydrogens is 482 g/mol. The van der Waals surface area contributed by atoms with E-state index in [1.54, 1.807) is 28.9 Å². The SMILES string of the molecule is CCCS(=O)(=O)N(CCOC)CC(=O)N(Cc1cccc(Cl)c1)C1CCN(C(=O)COC)CC1. The van der Waals surface area contributed by atoms with Crippen LogP contribution in [0.1, 0.15) is 31.7 Å². The summed E-state index contributed by atoms with van der Waals surface area (Å²) in [5.74, 6) is -0.388. The van der Waals surface area contributed by atoms with Crippen molar-refractivity contribution >= 4 is 33.4 Å².